The van der Waals surface area contributed by atoms with Crippen molar-refractivity contribution in [1.29, 1.82) is 0 Å². The van der Waals surface area contributed by atoms with Crippen molar-refractivity contribution in [3.05, 3.63) is 40.1 Å². The third-order valence-corrected chi connectivity index (χ3v) is 7.45. The standard InChI is InChI=1S/C20H30N4O5S/c1-5-23-19(21-24(20(23)25)12-13-28-3)16-8-10-22(11-9-16)30(26,27)18-14-15(2)6-7-17(18)29-4/h6-7,14,16H,5,8-13H2,1-4H3. The number of aromatic nitrogens is 3. The summed E-state index contributed by atoms with van der Waals surface area (Å²) in [4.78, 5) is 12.8. The van der Waals surface area contributed by atoms with Crippen LogP contribution in [0.15, 0.2) is 27.9 Å². The van der Waals surface area contributed by atoms with Crippen LogP contribution in [0.3, 0.4) is 0 Å². The fraction of sp³-hybridized carbons (Fsp3) is 0.600. The van der Waals surface area contributed by atoms with Gasteiger partial charge in [-0.1, -0.05) is 6.07 Å². The number of aryl methyl sites for hydroxylation is 1. The molecule has 1 aromatic heterocycles. The van der Waals surface area contributed by atoms with Crippen molar-refractivity contribution in [3.8, 4) is 5.75 Å². The normalized spacial score (nSPS) is 16.1. The van der Waals surface area contributed by atoms with Gasteiger partial charge in [-0.15, -0.1) is 0 Å². The predicted molar refractivity (Wildman–Crippen MR) is 113 cm³/mol. The van der Waals surface area contributed by atoms with E-state index in [0.717, 1.165) is 11.4 Å². The van der Waals surface area contributed by atoms with E-state index in [4.69, 9.17) is 9.47 Å². The van der Waals surface area contributed by atoms with E-state index >= 15 is 0 Å². The summed E-state index contributed by atoms with van der Waals surface area (Å²) in [6.07, 6.45) is 1.21. The largest absolute Gasteiger partial charge is 0.495 e. The molecule has 10 heteroatoms. The van der Waals surface area contributed by atoms with Gasteiger partial charge in [0.05, 0.1) is 20.3 Å². The Morgan fingerprint density at radius 2 is 1.90 bits per heavy atom. The van der Waals surface area contributed by atoms with Crippen LogP contribution < -0.4 is 10.4 Å². The molecule has 0 atom stereocenters. The molecule has 0 N–H and O–H groups in total. The van der Waals surface area contributed by atoms with Crippen LogP contribution in [0.2, 0.25) is 0 Å². The highest BCUT2D eigenvalue weighted by Crippen LogP contribution is 2.33. The fourth-order valence-corrected chi connectivity index (χ4v) is 5.57. The summed E-state index contributed by atoms with van der Waals surface area (Å²) >= 11 is 0. The predicted octanol–water partition coefficient (Wildman–Crippen LogP) is 1.60. The van der Waals surface area contributed by atoms with E-state index in [1.165, 1.54) is 16.1 Å². The van der Waals surface area contributed by atoms with Crippen LogP contribution in [0, 0.1) is 6.92 Å². The van der Waals surface area contributed by atoms with Gasteiger partial charge in [0.2, 0.25) is 10.0 Å². The second kappa shape index (κ2) is 9.32. The molecule has 0 bridgehead atoms. The second-order valence-corrected chi connectivity index (χ2v) is 9.34. The molecule has 3 rings (SSSR count). The summed E-state index contributed by atoms with van der Waals surface area (Å²) in [7, 11) is -0.608. The first-order valence-corrected chi connectivity index (χ1v) is 11.6. The topological polar surface area (TPSA) is 95.7 Å². The average Bonchev–Trinajstić information content (AvgIpc) is 3.07. The van der Waals surface area contributed by atoms with E-state index in [2.05, 4.69) is 5.10 Å². The van der Waals surface area contributed by atoms with Crippen molar-refractivity contribution < 1.29 is 17.9 Å². The number of hydrogen-bond donors (Lipinski definition) is 0. The summed E-state index contributed by atoms with van der Waals surface area (Å²) in [6.45, 7) is 5.84. The van der Waals surface area contributed by atoms with Crippen molar-refractivity contribution in [1.82, 2.24) is 18.7 Å². The molecule has 166 valence electrons. The van der Waals surface area contributed by atoms with Gasteiger partial charge in [-0.3, -0.25) is 4.57 Å². The summed E-state index contributed by atoms with van der Waals surface area (Å²) in [5.74, 6) is 1.11. The zero-order valence-corrected chi connectivity index (χ0v) is 18.8. The third-order valence-electron chi connectivity index (χ3n) is 5.53. The van der Waals surface area contributed by atoms with Crippen LogP contribution in [0.4, 0.5) is 0 Å². The number of methoxy groups -OCH3 is 2. The van der Waals surface area contributed by atoms with E-state index in [9.17, 15) is 13.2 Å². The molecule has 0 radical (unpaired) electrons. The van der Waals surface area contributed by atoms with Gasteiger partial charge in [0.15, 0.2) is 0 Å². The first-order chi connectivity index (χ1) is 14.3. The zero-order chi connectivity index (χ0) is 21.9. The molecule has 1 saturated heterocycles. The highest BCUT2D eigenvalue weighted by Gasteiger charge is 2.34. The molecule has 2 aromatic rings. The van der Waals surface area contributed by atoms with Crippen LogP contribution in [-0.4, -0.2) is 61.0 Å². The molecule has 1 aliphatic rings. The lowest BCUT2D eigenvalue weighted by atomic mass is 9.97. The molecule has 1 aromatic carbocycles. The lowest BCUT2D eigenvalue weighted by Gasteiger charge is -2.31. The number of nitrogens with zero attached hydrogens (tertiary/aromatic N) is 4. The molecular formula is C20H30N4O5S. The van der Waals surface area contributed by atoms with E-state index in [1.54, 1.807) is 23.8 Å². The lowest BCUT2D eigenvalue weighted by Crippen LogP contribution is -2.38. The van der Waals surface area contributed by atoms with Crippen LogP contribution in [0.1, 0.15) is 37.1 Å². The van der Waals surface area contributed by atoms with Gasteiger partial charge < -0.3 is 9.47 Å². The van der Waals surface area contributed by atoms with Gasteiger partial charge in [0, 0.05) is 32.7 Å². The quantitative estimate of drug-likeness (QED) is 0.621. The Bertz CT molecular complexity index is 1040. The number of hydrogen-bond acceptors (Lipinski definition) is 6. The van der Waals surface area contributed by atoms with Gasteiger partial charge in [-0.2, -0.15) is 9.40 Å². The number of sulfonamides is 1. The van der Waals surface area contributed by atoms with Crippen molar-refractivity contribution in [2.24, 2.45) is 0 Å². The number of rotatable bonds is 8. The molecule has 1 fully saturated rings. The highest BCUT2D eigenvalue weighted by molar-refractivity contribution is 7.89. The Morgan fingerprint density at radius 3 is 2.50 bits per heavy atom. The first-order valence-electron chi connectivity index (χ1n) is 10.1. The fourth-order valence-electron chi connectivity index (χ4n) is 3.86. The first kappa shape index (κ1) is 22.5. The maximum Gasteiger partial charge on any atom is 0.345 e. The smallest absolute Gasteiger partial charge is 0.345 e. The molecule has 0 amide bonds. The Kier molecular flexibility index (Phi) is 6.99. The Hall–Kier alpha value is -2.17. The van der Waals surface area contributed by atoms with E-state index in [-0.39, 0.29) is 16.5 Å². The third kappa shape index (κ3) is 4.30. The second-order valence-electron chi connectivity index (χ2n) is 7.43. The molecule has 0 saturated carbocycles. The van der Waals surface area contributed by atoms with Crippen molar-refractivity contribution >= 4 is 10.0 Å². The van der Waals surface area contributed by atoms with Crippen LogP contribution in [-0.2, 0) is 27.8 Å². The molecule has 0 unspecified atom stereocenters. The van der Waals surface area contributed by atoms with E-state index in [0.29, 0.717) is 51.4 Å². The van der Waals surface area contributed by atoms with Gasteiger partial charge >= 0.3 is 5.69 Å². The maximum absolute atomic E-state index is 13.2. The maximum atomic E-state index is 13.2. The van der Waals surface area contributed by atoms with Crippen molar-refractivity contribution in [2.45, 2.75) is 50.6 Å². The van der Waals surface area contributed by atoms with Crippen LogP contribution in [0.5, 0.6) is 5.75 Å². The van der Waals surface area contributed by atoms with Crippen molar-refractivity contribution in [2.75, 3.05) is 33.9 Å². The summed E-state index contributed by atoms with van der Waals surface area (Å²) in [5.41, 5.74) is 0.710. The van der Waals surface area contributed by atoms with E-state index < -0.39 is 10.0 Å². The summed E-state index contributed by atoms with van der Waals surface area (Å²) in [6, 6.07) is 5.15. The van der Waals surface area contributed by atoms with Crippen LogP contribution in [0.25, 0.3) is 0 Å². The number of benzene rings is 1. The minimum atomic E-state index is -3.67. The minimum Gasteiger partial charge on any atom is -0.495 e. The number of ether oxygens (including phenoxy) is 2. The average molecular weight is 439 g/mol. The van der Waals surface area contributed by atoms with Gasteiger partial charge in [0.1, 0.15) is 16.5 Å². The van der Waals surface area contributed by atoms with Crippen LogP contribution >= 0.6 is 0 Å². The molecular weight excluding hydrogens is 408 g/mol. The molecule has 0 aliphatic carbocycles. The van der Waals surface area contributed by atoms with E-state index in [1.807, 2.05) is 19.9 Å². The monoisotopic (exact) mass is 438 g/mol. The minimum absolute atomic E-state index is 0.0345. The SMILES string of the molecule is CCn1c(C2CCN(S(=O)(=O)c3cc(C)ccc3OC)CC2)nn(CCOC)c1=O. The molecule has 9 nitrogen and oxygen atoms in total. The number of piperidine rings is 1. The summed E-state index contributed by atoms with van der Waals surface area (Å²) in [5, 5.41) is 4.53. The molecule has 0 spiro atoms. The zero-order valence-electron chi connectivity index (χ0n) is 18.0. The molecule has 30 heavy (non-hydrogen) atoms. The summed E-state index contributed by atoms with van der Waals surface area (Å²) < 4.78 is 41.4. The Balaban J connectivity index is 1.80. The van der Waals surface area contributed by atoms with Gasteiger partial charge in [0.25, 0.3) is 0 Å². The highest BCUT2D eigenvalue weighted by atomic mass is 32.2. The lowest BCUT2D eigenvalue weighted by molar-refractivity contribution is 0.182. The van der Waals surface area contributed by atoms with Gasteiger partial charge in [-0.05, 0) is 44.4 Å². The molecule has 2 heterocycles. The molecule has 1 aliphatic heterocycles. The Labute approximate surface area is 177 Å². The van der Waals surface area contributed by atoms with Crippen molar-refractivity contribution in [3.63, 3.8) is 0 Å². The van der Waals surface area contributed by atoms with Gasteiger partial charge in [-0.25, -0.2) is 17.9 Å². The Morgan fingerprint density at radius 1 is 1.20 bits per heavy atom.